The molecule has 0 radical (unpaired) electrons. The third-order valence-electron chi connectivity index (χ3n) is 2.21. The highest BCUT2D eigenvalue weighted by atomic mass is 35.5. The summed E-state index contributed by atoms with van der Waals surface area (Å²) >= 11 is 5.94. The summed E-state index contributed by atoms with van der Waals surface area (Å²) in [4.78, 5) is 0. The zero-order chi connectivity index (χ0) is 9.80. The number of hydrogen-bond donors (Lipinski definition) is 0. The Balaban J connectivity index is 2.06. The molecule has 1 aromatic carbocycles. The van der Waals surface area contributed by atoms with Crippen molar-refractivity contribution < 1.29 is 0 Å². The Morgan fingerprint density at radius 2 is 1.86 bits per heavy atom. The molecule has 14 heavy (non-hydrogen) atoms. The highest BCUT2D eigenvalue weighted by Crippen LogP contribution is 2.24. The van der Waals surface area contributed by atoms with Crippen molar-refractivity contribution in [2.75, 3.05) is 13.1 Å². The minimum absolute atomic E-state index is 0.649. The van der Waals surface area contributed by atoms with Gasteiger partial charge < -0.3 is 0 Å². The van der Waals surface area contributed by atoms with E-state index in [0.717, 1.165) is 18.8 Å². The Kier molecular flexibility index (Phi) is 2.99. The van der Waals surface area contributed by atoms with Crippen LogP contribution in [0.3, 0.4) is 0 Å². The molecule has 0 bridgehead atoms. The Morgan fingerprint density at radius 3 is 2.57 bits per heavy atom. The molecule has 1 saturated heterocycles. The molecule has 3 nitrogen and oxygen atoms in total. The predicted octanol–water partition coefficient (Wildman–Crippen LogP) is 3.43. The Bertz CT molecular complexity index is 332. The van der Waals surface area contributed by atoms with Gasteiger partial charge in [-0.1, -0.05) is 29.0 Å². The summed E-state index contributed by atoms with van der Waals surface area (Å²) < 4.78 is 0. The van der Waals surface area contributed by atoms with E-state index in [9.17, 15) is 0 Å². The molecule has 0 aliphatic carbocycles. The average molecular weight is 210 g/mol. The topological polar surface area (TPSA) is 28.0 Å². The summed E-state index contributed by atoms with van der Waals surface area (Å²) in [6, 6.07) is 7.48. The molecule has 1 aromatic rings. The monoisotopic (exact) mass is 209 g/mol. The maximum absolute atomic E-state index is 5.94. The molecule has 2 rings (SSSR count). The van der Waals surface area contributed by atoms with Crippen LogP contribution in [-0.2, 0) is 0 Å². The van der Waals surface area contributed by atoms with Crippen LogP contribution in [0.15, 0.2) is 34.6 Å². The first kappa shape index (κ1) is 9.46. The molecular weight excluding hydrogens is 198 g/mol. The van der Waals surface area contributed by atoms with E-state index < -0.39 is 0 Å². The van der Waals surface area contributed by atoms with Crippen molar-refractivity contribution in [1.29, 1.82) is 0 Å². The third-order valence-corrected chi connectivity index (χ3v) is 2.53. The van der Waals surface area contributed by atoms with Crippen LogP contribution >= 0.6 is 11.6 Å². The van der Waals surface area contributed by atoms with Crippen molar-refractivity contribution in [3.63, 3.8) is 0 Å². The molecule has 74 valence electrons. The summed E-state index contributed by atoms with van der Waals surface area (Å²) in [5.74, 6) is 0. The van der Waals surface area contributed by atoms with Crippen LogP contribution in [0.4, 0.5) is 5.69 Å². The molecular formula is C10H12ClN3. The average Bonchev–Trinajstić information content (AvgIpc) is 2.69. The minimum Gasteiger partial charge on any atom is -0.278 e. The van der Waals surface area contributed by atoms with Gasteiger partial charge in [-0.2, -0.15) is 0 Å². The molecule has 0 amide bonds. The Labute approximate surface area is 88.4 Å². The molecule has 0 aromatic heterocycles. The lowest BCUT2D eigenvalue weighted by Gasteiger charge is -2.06. The molecule has 4 heteroatoms. The van der Waals surface area contributed by atoms with Gasteiger partial charge in [0, 0.05) is 13.1 Å². The van der Waals surface area contributed by atoms with Crippen molar-refractivity contribution in [3.05, 3.63) is 29.3 Å². The van der Waals surface area contributed by atoms with Crippen LogP contribution in [0.5, 0.6) is 0 Å². The third kappa shape index (κ3) is 2.23. The van der Waals surface area contributed by atoms with Crippen LogP contribution in [0.1, 0.15) is 12.8 Å². The standard InChI is InChI=1S/C10H12ClN3/c11-9-5-1-2-6-10(9)12-13-14-7-3-4-8-14/h1-2,5-6H,3-4,7-8H2. The van der Waals surface area contributed by atoms with Crippen molar-refractivity contribution in [2.45, 2.75) is 12.8 Å². The van der Waals surface area contributed by atoms with Crippen LogP contribution < -0.4 is 0 Å². The lowest BCUT2D eigenvalue weighted by Crippen LogP contribution is -2.09. The van der Waals surface area contributed by atoms with Crippen molar-refractivity contribution in [3.8, 4) is 0 Å². The summed E-state index contributed by atoms with van der Waals surface area (Å²) in [5, 5.41) is 10.9. The largest absolute Gasteiger partial charge is 0.278 e. The highest BCUT2D eigenvalue weighted by molar-refractivity contribution is 6.32. The van der Waals surface area contributed by atoms with Gasteiger partial charge in [-0.25, -0.2) is 0 Å². The van der Waals surface area contributed by atoms with Gasteiger partial charge in [-0.3, -0.25) is 5.01 Å². The van der Waals surface area contributed by atoms with E-state index in [-0.39, 0.29) is 0 Å². The molecule has 0 N–H and O–H groups in total. The first-order chi connectivity index (χ1) is 6.86. The summed E-state index contributed by atoms with van der Waals surface area (Å²) in [7, 11) is 0. The van der Waals surface area contributed by atoms with Crippen molar-refractivity contribution >= 4 is 17.3 Å². The zero-order valence-corrected chi connectivity index (χ0v) is 8.61. The van der Waals surface area contributed by atoms with E-state index in [4.69, 9.17) is 11.6 Å². The number of benzene rings is 1. The van der Waals surface area contributed by atoms with E-state index >= 15 is 0 Å². The lowest BCUT2D eigenvalue weighted by atomic mass is 10.3. The summed E-state index contributed by atoms with van der Waals surface area (Å²) in [6.45, 7) is 2.02. The normalized spacial score (nSPS) is 16.8. The fraction of sp³-hybridized carbons (Fsp3) is 0.400. The maximum atomic E-state index is 5.94. The molecule has 0 spiro atoms. The number of nitrogens with zero attached hydrogens (tertiary/aromatic N) is 3. The first-order valence-corrected chi connectivity index (χ1v) is 5.15. The zero-order valence-electron chi connectivity index (χ0n) is 7.86. The van der Waals surface area contributed by atoms with E-state index in [1.54, 1.807) is 0 Å². The number of hydrogen-bond acceptors (Lipinski definition) is 2. The van der Waals surface area contributed by atoms with Gasteiger partial charge >= 0.3 is 0 Å². The van der Waals surface area contributed by atoms with Crippen LogP contribution in [0, 0.1) is 0 Å². The van der Waals surface area contributed by atoms with Crippen LogP contribution in [-0.4, -0.2) is 18.1 Å². The highest BCUT2D eigenvalue weighted by Gasteiger charge is 2.08. The van der Waals surface area contributed by atoms with Crippen LogP contribution in [0.25, 0.3) is 0 Å². The molecule has 1 aliphatic heterocycles. The van der Waals surface area contributed by atoms with E-state index in [1.165, 1.54) is 12.8 Å². The smallest absolute Gasteiger partial charge is 0.106 e. The lowest BCUT2D eigenvalue weighted by molar-refractivity contribution is 0.336. The molecule has 1 heterocycles. The maximum Gasteiger partial charge on any atom is 0.106 e. The van der Waals surface area contributed by atoms with Crippen LogP contribution in [0.2, 0.25) is 5.02 Å². The van der Waals surface area contributed by atoms with Gasteiger partial charge in [-0.15, -0.1) is 5.11 Å². The number of halogens is 1. The van der Waals surface area contributed by atoms with Crippen molar-refractivity contribution in [1.82, 2.24) is 5.01 Å². The number of rotatable bonds is 2. The predicted molar refractivity (Wildman–Crippen MR) is 56.8 cm³/mol. The SMILES string of the molecule is Clc1ccccc1N=NN1CCCC1. The van der Waals surface area contributed by atoms with Gasteiger partial charge in [-0.05, 0) is 25.0 Å². The van der Waals surface area contributed by atoms with Gasteiger partial charge in [0.1, 0.15) is 5.69 Å². The first-order valence-electron chi connectivity index (χ1n) is 4.77. The molecule has 0 saturated carbocycles. The fourth-order valence-corrected chi connectivity index (χ4v) is 1.61. The van der Waals surface area contributed by atoms with Gasteiger partial charge in [0.15, 0.2) is 0 Å². The Hall–Kier alpha value is -1.09. The van der Waals surface area contributed by atoms with E-state index in [2.05, 4.69) is 10.3 Å². The second-order valence-electron chi connectivity index (χ2n) is 3.30. The second kappa shape index (κ2) is 4.42. The van der Waals surface area contributed by atoms with Crippen molar-refractivity contribution in [2.24, 2.45) is 10.3 Å². The van der Waals surface area contributed by atoms with Gasteiger partial charge in [0.25, 0.3) is 0 Å². The van der Waals surface area contributed by atoms with Gasteiger partial charge in [0.05, 0.1) is 5.02 Å². The quantitative estimate of drug-likeness (QED) is 0.686. The summed E-state index contributed by atoms with van der Waals surface area (Å²) in [5.41, 5.74) is 0.737. The van der Waals surface area contributed by atoms with E-state index in [0.29, 0.717) is 5.02 Å². The van der Waals surface area contributed by atoms with E-state index in [1.807, 2.05) is 29.3 Å². The molecule has 0 atom stereocenters. The molecule has 1 aliphatic rings. The Morgan fingerprint density at radius 1 is 1.14 bits per heavy atom. The second-order valence-corrected chi connectivity index (χ2v) is 3.71. The minimum atomic E-state index is 0.649. The molecule has 1 fully saturated rings. The summed E-state index contributed by atoms with van der Waals surface area (Å²) in [6.07, 6.45) is 2.42. The fourth-order valence-electron chi connectivity index (χ4n) is 1.43. The molecule has 0 unspecified atom stereocenters. The van der Waals surface area contributed by atoms with Gasteiger partial charge in [0.2, 0.25) is 0 Å².